The number of fused-ring (bicyclic) bond motifs is 7. The average molecular weight is 473 g/mol. The van der Waals surface area contributed by atoms with E-state index in [0.717, 1.165) is 16.7 Å². The van der Waals surface area contributed by atoms with Crippen LogP contribution in [0.5, 0.6) is 11.5 Å². The van der Waals surface area contributed by atoms with E-state index in [-0.39, 0.29) is 17.5 Å². The van der Waals surface area contributed by atoms with E-state index in [0.29, 0.717) is 39.9 Å². The van der Waals surface area contributed by atoms with Crippen LogP contribution in [0, 0.1) is 5.92 Å². The van der Waals surface area contributed by atoms with Crippen LogP contribution in [0.3, 0.4) is 0 Å². The minimum atomic E-state index is -0.563. The van der Waals surface area contributed by atoms with Crippen molar-refractivity contribution in [1.82, 2.24) is 0 Å². The molecule has 2 aliphatic rings. The molecule has 2 atom stereocenters. The first-order chi connectivity index (χ1) is 16.4. The minimum Gasteiger partial charge on any atom is -0.493 e. The Morgan fingerprint density at radius 2 is 1.71 bits per heavy atom. The Labute approximate surface area is 200 Å². The van der Waals surface area contributed by atoms with Crippen molar-refractivity contribution in [2.75, 3.05) is 6.61 Å². The lowest BCUT2D eigenvalue weighted by Crippen LogP contribution is -2.50. The van der Waals surface area contributed by atoms with Crippen molar-refractivity contribution in [1.29, 1.82) is 0 Å². The molecule has 0 aliphatic carbocycles. The Morgan fingerprint density at radius 1 is 0.971 bits per heavy atom. The molecule has 0 radical (unpaired) electrons. The van der Waals surface area contributed by atoms with Crippen molar-refractivity contribution in [3.8, 4) is 11.5 Å². The van der Waals surface area contributed by atoms with Gasteiger partial charge in [0.2, 0.25) is 0 Å². The maximum absolute atomic E-state index is 13.2. The van der Waals surface area contributed by atoms with Gasteiger partial charge in [-0.05, 0) is 68.4 Å². The second kappa shape index (κ2) is 7.71. The van der Waals surface area contributed by atoms with E-state index in [1.54, 1.807) is 30.3 Å². The number of nitrogens with zero attached hydrogens (tertiary/aromatic N) is 2. The quantitative estimate of drug-likeness (QED) is 0.229. The predicted octanol–water partition coefficient (Wildman–Crippen LogP) is 7.17. The standard InChI is InChI=1S/C27H21ClN2O4/c1-27(2)20-14-32-21-12-11-17(30-29-16-9-7-15(28)8-10-16)13-19(21)23(20)24-25(34-27)18-5-3-4-6-22(18)33-26(24)31/h3-13,20,23H,14H2,1-2H3/t20-,23+/m1/s1. The van der Waals surface area contributed by atoms with Crippen LogP contribution in [0.1, 0.15) is 30.9 Å². The molecule has 0 N–H and O–H groups in total. The zero-order chi connectivity index (χ0) is 23.4. The summed E-state index contributed by atoms with van der Waals surface area (Å²) in [6.45, 7) is 4.51. The molecular formula is C27H21ClN2O4. The average Bonchev–Trinajstić information content (AvgIpc) is 2.83. The minimum absolute atomic E-state index is 0.0833. The van der Waals surface area contributed by atoms with Crippen LogP contribution in [0.4, 0.5) is 11.4 Å². The monoisotopic (exact) mass is 472 g/mol. The smallest absolute Gasteiger partial charge is 0.343 e. The molecule has 4 aromatic rings. The van der Waals surface area contributed by atoms with Gasteiger partial charge in [-0.2, -0.15) is 10.2 Å². The molecular weight excluding hydrogens is 452 g/mol. The Hall–Kier alpha value is -3.64. The molecule has 2 aliphatic heterocycles. The Kier molecular flexibility index (Phi) is 4.74. The number of azo groups is 1. The summed E-state index contributed by atoms with van der Waals surface area (Å²) < 4.78 is 18.3. The number of para-hydroxylation sites is 1. The number of hydrogen-bond acceptors (Lipinski definition) is 6. The van der Waals surface area contributed by atoms with E-state index >= 15 is 0 Å². The number of halogens is 1. The van der Waals surface area contributed by atoms with E-state index in [1.165, 1.54) is 0 Å². The van der Waals surface area contributed by atoms with Crippen LogP contribution in [-0.2, 0) is 0 Å². The highest BCUT2D eigenvalue weighted by atomic mass is 35.5. The summed E-state index contributed by atoms with van der Waals surface area (Å²) in [5.41, 5.74) is 2.32. The van der Waals surface area contributed by atoms with E-state index < -0.39 is 5.60 Å². The molecule has 0 saturated carbocycles. The first-order valence-electron chi connectivity index (χ1n) is 11.1. The topological polar surface area (TPSA) is 73.4 Å². The number of rotatable bonds is 2. The van der Waals surface area contributed by atoms with Crippen LogP contribution in [0.15, 0.2) is 86.2 Å². The third kappa shape index (κ3) is 3.37. The molecule has 0 spiro atoms. The molecule has 0 bridgehead atoms. The first kappa shape index (κ1) is 20.9. The van der Waals surface area contributed by atoms with Gasteiger partial charge >= 0.3 is 5.63 Å². The summed E-state index contributed by atoms with van der Waals surface area (Å²) in [7, 11) is 0. The van der Waals surface area contributed by atoms with Crippen molar-refractivity contribution in [3.63, 3.8) is 0 Å². The maximum atomic E-state index is 13.2. The molecule has 0 unspecified atom stereocenters. The van der Waals surface area contributed by atoms with Crippen LogP contribution in [0.25, 0.3) is 11.0 Å². The molecule has 6 nitrogen and oxygen atoms in total. The van der Waals surface area contributed by atoms with Crippen molar-refractivity contribution < 1.29 is 13.9 Å². The summed E-state index contributed by atoms with van der Waals surface area (Å²) in [6.07, 6.45) is 0. The summed E-state index contributed by atoms with van der Waals surface area (Å²) >= 11 is 5.96. The van der Waals surface area contributed by atoms with Gasteiger partial charge in [-0.1, -0.05) is 23.7 Å². The highest BCUT2D eigenvalue weighted by molar-refractivity contribution is 6.30. The fourth-order valence-electron chi connectivity index (χ4n) is 4.90. The molecule has 170 valence electrons. The third-order valence-electron chi connectivity index (χ3n) is 6.62. The second-order valence-corrected chi connectivity index (χ2v) is 9.56. The van der Waals surface area contributed by atoms with Gasteiger partial charge in [0.1, 0.15) is 22.7 Å². The molecule has 3 heterocycles. The first-order valence-corrected chi connectivity index (χ1v) is 11.5. The van der Waals surface area contributed by atoms with Gasteiger partial charge in [0.05, 0.1) is 28.9 Å². The van der Waals surface area contributed by atoms with Crippen LogP contribution >= 0.6 is 11.6 Å². The molecule has 0 amide bonds. The lowest BCUT2D eigenvalue weighted by atomic mass is 9.70. The van der Waals surface area contributed by atoms with Gasteiger partial charge in [-0.15, -0.1) is 0 Å². The molecule has 34 heavy (non-hydrogen) atoms. The van der Waals surface area contributed by atoms with Gasteiger partial charge < -0.3 is 13.9 Å². The van der Waals surface area contributed by atoms with Crippen molar-refractivity contribution >= 4 is 33.9 Å². The lowest BCUT2D eigenvalue weighted by molar-refractivity contribution is -0.0136. The Bertz CT molecular complexity index is 1510. The molecule has 6 rings (SSSR count). The van der Waals surface area contributed by atoms with E-state index in [2.05, 4.69) is 10.2 Å². The largest absolute Gasteiger partial charge is 0.493 e. The summed E-state index contributed by atoms with van der Waals surface area (Å²) in [5, 5.41) is 10.2. The van der Waals surface area contributed by atoms with E-state index in [4.69, 9.17) is 25.5 Å². The lowest BCUT2D eigenvalue weighted by Gasteiger charge is -2.47. The maximum Gasteiger partial charge on any atom is 0.343 e. The summed E-state index contributed by atoms with van der Waals surface area (Å²) in [4.78, 5) is 13.2. The second-order valence-electron chi connectivity index (χ2n) is 9.13. The van der Waals surface area contributed by atoms with E-state index in [9.17, 15) is 4.79 Å². The van der Waals surface area contributed by atoms with Crippen molar-refractivity contribution in [2.24, 2.45) is 16.1 Å². The number of hydrogen-bond donors (Lipinski definition) is 0. The van der Waals surface area contributed by atoms with Gasteiger partial charge in [0, 0.05) is 22.4 Å². The van der Waals surface area contributed by atoms with Crippen molar-refractivity contribution in [3.05, 3.63) is 93.3 Å². The predicted molar refractivity (Wildman–Crippen MR) is 130 cm³/mol. The zero-order valence-corrected chi connectivity index (χ0v) is 19.4. The Balaban J connectivity index is 1.51. The molecule has 0 fully saturated rings. The van der Waals surface area contributed by atoms with E-state index in [1.807, 2.05) is 50.2 Å². The normalized spacial score (nSPS) is 20.2. The number of benzene rings is 3. The third-order valence-corrected chi connectivity index (χ3v) is 6.88. The molecule has 1 aromatic heterocycles. The highest BCUT2D eigenvalue weighted by Crippen LogP contribution is 2.53. The van der Waals surface area contributed by atoms with Gasteiger partial charge in [-0.25, -0.2) is 4.79 Å². The summed E-state index contributed by atoms with van der Waals surface area (Å²) in [5.74, 6) is 0.969. The van der Waals surface area contributed by atoms with Crippen molar-refractivity contribution in [2.45, 2.75) is 25.4 Å². The SMILES string of the molecule is CC1(C)Oc2c(c(=O)oc3ccccc23)[C@H]2c3cc(N=Nc4ccc(Cl)cc4)ccc3OC[C@H]21. The highest BCUT2D eigenvalue weighted by Gasteiger charge is 2.50. The zero-order valence-electron chi connectivity index (χ0n) is 18.6. The molecule has 0 saturated heterocycles. The fourth-order valence-corrected chi connectivity index (χ4v) is 5.03. The van der Waals surface area contributed by atoms with Crippen LogP contribution < -0.4 is 15.1 Å². The summed E-state index contributed by atoms with van der Waals surface area (Å²) in [6, 6.07) is 20.3. The number of ether oxygens (including phenoxy) is 2. The van der Waals surface area contributed by atoms with Crippen LogP contribution in [0.2, 0.25) is 5.02 Å². The molecule has 7 heteroatoms. The van der Waals surface area contributed by atoms with Gasteiger partial charge in [0.15, 0.2) is 0 Å². The Morgan fingerprint density at radius 3 is 2.53 bits per heavy atom. The molecule has 3 aromatic carbocycles. The van der Waals surface area contributed by atoms with Gasteiger partial charge in [-0.3, -0.25) is 0 Å². The van der Waals surface area contributed by atoms with Crippen LogP contribution in [-0.4, -0.2) is 12.2 Å². The van der Waals surface area contributed by atoms with Gasteiger partial charge in [0.25, 0.3) is 0 Å². The fraction of sp³-hybridized carbons (Fsp3) is 0.222.